The van der Waals surface area contributed by atoms with Crippen LogP contribution in [0.25, 0.3) is 0 Å². The van der Waals surface area contributed by atoms with Crippen LogP contribution in [0.4, 0.5) is 0 Å². The van der Waals surface area contributed by atoms with E-state index in [1.54, 1.807) is 6.08 Å². The number of nitrogens with one attached hydrogen (secondary N) is 1. The maximum Gasteiger partial charge on any atom is 0.222 e. The summed E-state index contributed by atoms with van der Waals surface area (Å²) in [7, 11) is 0. The Bertz CT molecular complexity index is 578. The molecule has 0 saturated heterocycles. The zero-order chi connectivity index (χ0) is 28.8. The highest BCUT2D eigenvalue weighted by atomic mass is 16.3. The van der Waals surface area contributed by atoms with Crippen molar-refractivity contribution in [2.24, 2.45) is 0 Å². The molecule has 0 spiro atoms. The Hall–Kier alpha value is -1.17. The Balaban J connectivity index is 3.79. The predicted octanol–water partition coefficient (Wildman–Crippen LogP) is 8.31. The van der Waals surface area contributed by atoms with Crippen molar-refractivity contribution < 1.29 is 20.1 Å². The number of aliphatic hydroxyl groups excluding tert-OH is 3. The van der Waals surface area contributed by atoms with E-state index >= 15 is 0 Å². The first-order valence-corrected chi connectivity index (χ1v) is 16.6. The van der Waals surface area contributed by atoms with Gasteiger partial charge in [-0.1, -0.05) is 141 Å². The van der Waals surface area contributed by atoms with Gasteiger partial charge in [0.15, 0.2) is 0 Å². The summed E-state index contributed by atoms with van der Waals surface area (Å²) in [5, 5.41) is 32.8. The van der Waals surface area contributed by atoms with Gasteiger partial charge in [-0.25, -0.2) is 0 Å². The first kappa shape index (κ1) is 37.8. The van der Waals surface area contributed by atoms with E-state index < -0.39 is 18.2 Å². The normalized spacial score (nSPS) is 14.3. The Morgan fingerprint density at radius 3 is 1.64 bits per heavy atom. The summed E-state index contributed by atoms with van der Waals surface area (Å²) in [4.78, 5) is 12.3. The molecule has 0 heterocycles. The second-order valence-corrected chi connectivity index (χ2v) is 11.4. The number of carbonyl (C=O) groups is 1. The van der Waals surface area contributed by atoms with Crippen LogP contribution in [0.1, 0.15) is 162 Å². The van der Waals surface area contributed by atoms with Crippen LogP contribution in [0.15, 0.2) is 24.3 Å². The van der Waals surface area contributed by atoms with Gasteiger partial charge in [-0.2, -0.15) is 0 Å². The Morgan fingerprint density at radius 2 is 1.10 bits per heavy atom. The van der Waals surface area contributed by atoms with Gasteiger partial charge in [-0.05, 0) is 38.5 Å². The lowest BCUT2D eigenvalue weighted by Gasteiger charge is -2.21. The maximum atomic E-state index is 12.3. The lowest BCUT2D eigenvalue weighted by molar-refractivity contribution is -0.124. The van der Waals surface area contributed by atoms with Gasteiger partial charge in [0, 0.05) is 0 Å². The standard InChI is InChI=1S/C34H65NO4/c1-3-5-7-9-11-13-14-15-16-17-18-20-22-24-26-28-33(38)32(30-36)35-34(39)29-31(37)27-25-23-21-19-12-10-8-6-4-2/h10,12,26,28,31-33,36-38H,3-9,11,13-25,27,29-30H2,1-2H3,(H,35,39)/b12-10-,28-26+. The smallest absolute Gasteiger partial charge is 0.222 e. The van der Waals surface area contributed by atoms with E-state index in [0.29, 0.717) is 6.42 Å². The third-order valence-corrected chi connectivity index (χ3v) is 7.48. The quantitative estimate of drug-likeness (QED) is 0.0556. The van der Waals surface area contributed by atoms with Crippen LogP contribution in [-0.2, 0) is 4.79 Å². The molecule has 0 aromatic heterocycles. The number of carbonyl (C=O) groups excluding carboxylic acids is 1. The number of hydrogen-bond acceptors (Lipinski definition) is 4. The summed E-state index contributed by atoms with van der Waals surface area (Å²) >= 11 is 0. The van der Waals surface area contributed by atoms with Crippen molar-refractivity contribution in [3.63, 3.8) is 0 Å². The van der Waals surface area contributed by atoms with Crippen LogP contribution in [0, 0.1) is 0 Å². The largest absolute Gasteiger partial charge is 0.394 e. The fourth-order valence-corrected chi connectivity index (χ4v) is 4.85. The van der Waals surface area contributed by atoms with Gasteiger partial charge in [-0.15, -0.1) is 0 Å². The molecule has 4 N–H and O–H groups in total. The average Bonchev–Trinajstić information content (AvgIpc) is 2.92. The van der Waals surface area contributed by atoms with Gasteiger partial charge in [-0.3, -0.25) is 4.79 Å². The van der Waals surface area contributed by atoms with E-state index in [1.807, 2.05) is 6.08 Å². The summed E-state index contributed by atoms with van der Waals surface area (Å²) < 4.78 is 0. The van der Waals surface area contributed by atoms with Crippen LogP contribution in [0.2, 0.25) is 0 Å². The molecule has 5 nitrogen and oxygen atoms in total. The minimum atomic E-state index is -0.927. The van der Waals surface area contributed by atoms with Crippen LogP contribution < -0.4 is 5.32 Å². The Morgan fingerprint density at radius 1 is 0.641 bits per heavy atom. The molecule has 0 aliphatic rings. The summed E-state index contributed by atoms with van der Waals surface area (Å²) in [6.07, 6.45) is 33.0. The SMILES string of the molecule is CCCC/C=C\CCCCCC(O)CC(=O)NC(CO)C(O)/C=C/CCCCCCCCCCCCCCC. The van der Waals surface area contributed by atoms with Gasteiger partial charge >= 0.3 is 0 Å². The predicted molar refractivity (Wildman–Crippen MR) is 167 cm³/mol. The van der Waals surface area contributed by atoms with Gasteiger partial charge < -0.3 is 20.6 Å². The molecule has 39 heavy (non-hydrogen) atoms. The summed E-state index contributed by atoms with van der Waals surface area (Å²) in [5.41, 5.74) is 0. The molecule has 1 amide bonds. The number of hydrogen-bond donors (Lipinski definition) is 4. The molecule has 0 bridgehead atoms. The van der Waals surface area contributed by atoms with Gasteiger partial charge in [0.05, 0.1) is 31.3 Å². The van der Waals surface area contributed by atoms with Crippen molar-refractivity contribution in [2.75, 3.05) is 6.61 Å². The number of allylic oxidation sites excluding steroid dienone is 3. The van der Waals surface area contributed by atoms with E-state index in [1.165, 1.54) is 89.9 Å². The molecule has 0 radical (unpaired) electrons. The van der Waals surface area contributed by atoms with Crippen molar-refractivity contribution in [3.8, 4) is 0 Å². The molecule has 0 aromatic rings. The summed E-state index contributed by atoms with van der Waals surface area (Å²) in [6.45, 7) is 4.13. The minimum absolute atomic E-state index is 0.00279. The Labute approximate surface area is 241 Å². The monoisotopic (exact) mass is 551 g/mol. The highest BCUT2D eigenvalue weighted by Gasteiger charge is 2.20. The molecule has 5 heteroatoms. The lowest BCUT2D eigenvalue weighted by Crippen LogP contribution is -2.45. The zero-order valence-electron chi connectivity index (χ0n) is 25.8. The maximum absolute atomic E-state index is 12.3. The van der Waals surface area contributed by atoms with Gasteiger partial charge in [0.2, 0.25) is 5.91 Å². The van der Waals surface area contributed by atoms with Crippen LogP contribution in [-0.4, -0.2) is 46.1 Å². The average molecular weight is 552 g/mol. The van der Waals surface area contributed by atoms with Crippen molar-refractivity contribution >= 4 is 5.91 Å². The molecule has 0 aliphatic heterocycles. The summed E-state index contributed by atoms with van der Waals surface area (Å²) in [5.74, 6) is -0.329. The summed E-state index contributed by atoms with van der Waals surface area (Å²) in [6, 6.07) is -0.743. The van der Waals surface area contributed by atoms with Crippen molar-refractivity contribution in [1.29, 1.82) is 0 Å². The highest BCUT2D eigenvalue weighted by Crippen LogP contribution is 2.13. The number of rotatable bonds is 29. The topological polar surface area (TPSA) is 89.8 Å². The van der Waals surface area contributed by atoms with Crippen molar-refractivity contribution in [3.05, 3.63) is 24.3 Å². The third kappa shape index (κ3) is 26.8. The van der Waals surface area contributed by atoms with Crippen LogP contribution in [0.5, 0.6) is 0 Å². The van der Waals surface area contributed by atoms with Gasteiger partial charge in [0.1, 0.15) is 0 Å². The van der Waals surface area contributed by atoms with Crippen LogP contribution in [0.3, 0.4) is 0 Å². The van der Waals surface area contributed by atoms with E-state index in [0.717, 1.165) is 44.9 Å². The van der Waals surface area contributed by atoms with Crippen molar-refractivity contribution in [1.82, 2.24) is 5.32 Å². The number of amides is 1. The first-order valence-electron chi connectivity index (χ1n) is 16.6. The zero-order valence-corrected chi connectivity index (χ0v) is 25.8. The molecule has 0 aromatic carbocycles. The molecular formula is C34H65NO4. The molecule has 0 aliphatic carbocycles. The Kier molecular flexibility index (Phi) is 28.9. The first-order chi connectivity index (χ1) is 19.0. The molecule has 0 fully saturated rings. The second kappa shape index (κ2) is 29.8. The van der Waals surface area contributed by atoms with E-state index in [4.69, 9.17) is 0 Å². The molecule has 0 rings (SSSR count). The molecule has 3 atom stereocenters. The molecule has 230 valence electrons. The highest BCUT2D eigenvalue weighted by molar-refractivity contribution is 5.76. The van der Waals surface area contributed by atoms with Crippen LogP contribution >= 0.6 is 0 Å². The fraction of sp³-hybridized carbons (Fsp3) is 0.853. The molecule has 0 saturated carbocycles. The van der Waals surface area contributed by atoms with E-state index in [9.17, 15) is 20.1 Å². The number of aliphatic hydroxyl groups is 3. The fourth-order valence-electron chi connectivity index (χ4n) is 4.85. The van der Waals surface area contributed by atoms with Crippen molar-refractivity contribution in [2.45, 2.75) is 180 Å². The molecule has 3 unspecified atom stereocenters. The van der Waals surface area contributed by atoms with E-state index in [-0.39, 0.29) is 18.9 Å². The lowest BCUT2D eigenvalue weighted by atomic mass is 10.0. The van der Waals surface area contributed by atoms with E-state index in [2.05, 4.69) is 31.3 Å². The second-order valence-electron chi connectivity index (χ2n) is 11.4. The third-order valence-electron chi connectivity index (χ3n) is 7.48. The van der Waals surface area contributed by atoms with Gasteiger partial charge in [0.25, 0.3) is 0 Å². The minimum Gasteiger partial charge on any atom is -0.394 e. The number of unbranched alkanes of at least 4 members (excludes halogenated alkanes) is 18. The molecular weight excluding hydrogens is 486 g/mol.